The van der Waals surface area contributed by atoms with Crippen LogP contribution in [0.1, 0.15) is 31.2 Å². The summed E-state index contributed by atoms with van der Waals surface area (Å²) in [5.41, 5.74) is 5.35. The third-order valence-corrected chi connectivity index (χ3v) is 9.86. The van der Waals surface area contributed by atoms with E-state index in [1.807, 2.05) is 49.3 Å². The highest BCUT2D eigenvalue weighted by molar-refractivity contribution is 6.25. The van der Waals surface area contributed by atoms with Crippen LogP contribution in [-0.2, 0) is 19.2 Å². The highest BCUT2D eigenvalue weighted by Crippen LogP contribution is 2.56. The number of anilines is 2. The first kappa shape index (κ1) is 31.0. The number of amides is 2. The lowest BCUT2D eigenvalue weighted by atomic mass is 9.59. The van der Waals surface area contributed by atoms with Crippen LogP contribution in [0.25, 0.3) is 0 Å². The Hall–Kier alpha value is -5.64. The number of azo groups is 1. The molecular formula is C38H34N4O6. The van der Waals surface area contributed by atoms with Crippen LogP contribution in [-0.4, -0.2) is 49.7 Å². The lowest BCUT2D eigenvalue weighted by molar-refractivity contribution is -0.123. The predicted molar refractivity (Wildman–Crippen MR) is 180 cm³/mol. The monoisotopic (exact) mass is 642 g/mol. The third kappa shape index (κ3) is 5.04. The topological polar surface area (TPSA) is 129 Å². The largest absolute Gasteiger partial charge is 0.504 e. The minimum absolute atomic E-state index is 0.0546. The fraction of sp³-hybridized carbons (Fsp3) is 0.263. The quantitative estimate of drug-likeness (QED) is 0.140. The van der Waals surface area contributed by atoms with E-state index in [-0.39, 0.29) is 41.3 Å². The number of fused-ring (bicyclic) bond motifs is 3. The van der Waals surface area contributed by atoms with Gasteiger partial charge in [-0.15, -0.1) is 0 Å². The number of benzene rings is 3. The summed E-state index contributed by atoms with van der Waals surface area (Å²) in [4.78, 5) is 58.3. The van der Waals surface area contributed by atoms with E-state index in [9.17, 15) is 24.3 Å². The Balaban J connectivity index is 1.20. The van der Waals surface area contributed by atoms with E-state index >= 15 is 0 Å². The van der Waals surface area contributed by atoms with Crippen molar-refractivity contribution in [1.82, 2.24) is 0 Å². The van der Waals surface area contributed by atoms with Gasteiger partial charge in [0.25, 0.3) is 0 Å². The molecule has 0 aromatic heterocycles. The molecule has 0 unspecified atom stereocenters. The van der Waals surface area contributed by atoms with Gasteiger partial charge in [0, 0.05) is 42.4 Å². The Morgan fingerprint density at radius 2 is 1.54 bits per heavy atom. The smallest absolute Gasteiger partial charge is 0.238 e. The summed E-state index contributed by atoms with van der Waals surface area (Å²) in [5, 5.41) is 18.9. The zero-order valence-corrected chi connectivity index (χ0v) is 27.0. The molecule has 242 valence electrons. The fourth-order valence-electron chi connectivity index (χ4n) is 7.47. The number of allylic oxidation sites excluding steroid dienone is 6. The van der Waals surface area contributed by atoms with Crippen LogP contribution >= 0.6 is 0 Å². The number of imide groups is 1. The first-order chi connectivity index (χ1) is 23.1. The third-order valence-electron chi connectivity index (χ3n) is 9.86. The molecule has 0 saturated carbocycles. The van der Waals surface area contributed by atoms with Crippen molar-refractivity contribution < 1.29 is 29.0 Å². The first-order valence-corrected chi connectivity index (χ1v) is 15.8. The van der Waals surface area contributed by atoms with Gasteiger partial charge in [-0.05, 0) is 98.0 Å². The highest BCUT2D eigenvalue weighted by Gasteiger charge is 2.56. The van der Waals surface area contributed by atoms with Gasteiger partial charge in [-0.2, -0.15) is 10.2 Å². The second-order valence-electron chi connectivity index (χ2n) is 12.8. The minimum atomic E-state index is -0.701. The maximum absolute atomic E-state index is 14.2. The number of phenols is 1. The molecule has 4 aliphatic rings. The average molecular weight is 643 g/mol. The van der Waals surface area contributed by atoms with Crippen LogP contribution in [0.15, 0.2) is 111 Å². The normalized spacial score (nSPS) is 23.5. The first-order valence-electron chi connectivity index (χ1n) is 15.8. The Bertz CT molecular complexity index is 2010. The number of rotatable bonds is 6. The van der Waals surface area contributed by atoms with Gasteiger partial charge in [0.05, 0.1) is 36.0 Å². The molecule has 48 heavy (non-hydrogen) atoms. The lowest BCUT2D eigenvalue weighted by Crippen LogP contribution is -2.39. The van der Waals surface area contributed by atoms with E-state index in [1.165, 1.54) is 24.2 Å². The van der Waals surface area contributed by atoms with Gasteiger partial charge in [0.2, 0.25) is 11.8 Å². The SMILES string of the molecule is COc1cc([C@H]2C3=CC[C@@H]4C(=O)N(c5ccc(N=Nc6ccc(N(C)C)cc6)cc5)C(=O)[C@@H]4[C@@H]3CC3=C2C(=O)C(C)=CC3=O)ccc1O. The van der Waals surface area contributed by atoms with Gasteiger partial charge in [-0.3, -0.25) is 24.1 Å². The Morgan fingerprint density at radius 3 is 2.19 bits per heavy atom. The number of hydrogen-bond donors (Lipinski definition) is 1. The molecule has 7 rings (SSSR count). The van der Waals surface area contributed by atoms with Crippen molar-refractivity contribution in [2.45, 2.75) is 25.7 Å². The van der Waals surface area contributed by atoms with Gasteiger partial charge < -0.3 is 14.7 Å². The summed E-state index contributed by atoms with van der Waals surface area (Å²) in [6, 6.07) is 19.3. The number of ether oxygens (including phenoxy) is 1. The van der Waals surface area contributed by atoms with Crippen LogP contribution in [0, 0.1) is 17.8 Å². The highest BCUT2D eigenvalue weighted by atomic mass is 16.5. The second kappa shape index (κ2) is 11.9. The van der Waals surface area contributed by atoms with E-state index in [0.717, 1.165) is 11.3 Å². The number of ketones is 2. The second-order valence-corrected chi connectivity index (χ2v) is 12.8. The van der Waals surface area contributed by atoms with Crippen LogP contribution in [0.5, 0.6) is 11.5 Å². The molecule has 1 fully saturated rings. The molecule has 10 nitrogen and oxygen atoms in total. The Labute approximate surface area is 277 Å². The number of aromatic hydroxyl groups is 1. The summed E-state index contributed by atoms with van der Waals surface area (Å²) in [7, 11) is 5.37. The van der Waals surface area contributed by atoms with Crippen LogP contribution in [0.2, 0.25) is 0 Å². The standard InChI is InChI=1S/C38H34N4O6/c1-20-17-31(44)29-19-28-26(33(35(29)36(20)45)21-5-16-30(43)32(18-21)48-4)14-15-27-34(28)38(47)42(37(27)46)25-12-8-23(9-13-25)40-39-22-6-10-24(11-7-22)41(2)3/h5-14,16-18,27-28,33-34,43H,15,19H2,1-4H3/t27-,28+,33-,34-/m0/s1. The van der Waals surface area contributed by atoms with Gasteiger partial charge >= 0.3 is 0 Å². The number of carbonyl (C=O) groups excluding carboxylic acids is 4. The van der Waals surface area contributed by atoms with Gasteiger partial charge in [0.15, 0.2) is 23.1 Å². The molecule has 3 aliphatic carbocycles. The molecule has 1 N–H and O–H groups in total. The van der Waals surface area contributed by atoms with Crippen molar-refractivity contribution >= 4 is 46.1 Å². The number of carbonyl (C=O) groups is 4. The molecule has 2 amide bonds. The molecular weight excluding hydrogens is 608 g/mol. The predicted octanol–water partition coefficient (Wildman–Crippen LogP) is 6.52. The molecule has 0 bridgehead atoms. The number of methoxy groups -OCH3 is 1. The molecule has 1 saturated heterocycles. The maximum atomic E-state index is 14.2. The molecule has 1 aliphatic heterocycles. The molecule has 0 spiro atoms. The molecule has 0 radical (unpaired) electrons. The van der Waals surface area contributed by atoms with Crippen LogP contribution in [0.4, 0.5) is 22.7 Å². The number of nitrogens with zero attached hydrogens (tertiary/aromatic N) is 4. The van der Waals surface area contributed by atoms with Crippen molar-refractivity contribution in [2.75, 3.05) is 31.0 Å². The zero-order valence-electron chi connectivity index (χ0n) is 27.0. The minimum Gasteiger partial charge on any atom is -0.504 e. The Kier molecular flexibility index (Phi) is 7.66. The fourth-order valence-corrected chi connectivity index (χ4v) is 7.47. The van der Waals surface area contributed by atoms with E-state index in [1.54, 1.807) is 43.3 Å². The van der Waals surface area contributed by atoms with Gasteiger partial charge in [-0.1, -0.05) is 17.7 Å². The van der Waals surface area contributed by atoms with E-state index in [4.69, 9.17) is 4.74 Å². The van der Waals surface area contributed by atoms with Gasteiger partial charge in [-0.25, -0.2) is 0 Å². The molecule has 1 heterocycles. The molecule has 3 aromatic carbocycles. The molecule has 3 aromatic rings. The maximum Gasteiger partial charge on any atom is 0.238 e. The van der Waals surface area contributed by atoms with Crippen molar-refractivity contribution in [1.29, 1.82) is 0 Å². The summed E-state index contributed by atoms with van der Waals surface area (Å²) >= 11 is 0. The summed E-state index contributed by atoms with van der Waals surface area (Å²) in [6.07, 6.45) is 3.83. The van der Waals surface area contributed by atoms with E-state index in [2.05, 4.69) is 10.2 Å². The van der Waals surface area contributed by atoms with Crippen molar-refractivity contribution in [3.63, 3.8) is 0 Å². The van der Waals surface area contributed by atoms with Crippen LogP contribution < -0.4 is 14.5 Å². The zero-order chi connectivity index (χ0) is 33.9. The molecule has 4 atom stereocenters. The molecule has 10 heteroatoms. The Morgan fingerprint density at radius 1 is 0.875 bits per heavy atom. The van der Waals surface area contributed by atoms with E-state index < -0.39 is 23.7 Å². The van der Waals surface area contributed by atoms with E-state index in [0.29, 0.717) is 45.8 Å². The van der Waals surface area contributed by atoms with Crippen molar-refractivity contribution in [3.8, 4) is 11.5 Å². The van der Waals surface area contributed by atoms with Gasteiger partial charge in [0.1, 0.15) is 0 Å². The average Bonchev–Trinajstić information content (AvgIpc) is 3.35. The summed E-state index contributed by atoms with van der Waals surface area (Å²) in [5.74, 6) is -3.32. The van der Waals surface area contributed by atoms with Crippen LogP contribution in [0.3, 0.4) is 0 Å². The number of phenolic OH excluding ortho intramolecular Hbond substituents is 1. The number of Topliss-reactive ketones (excluding diaryl/α,β-unsaturated/α-hetero) is 1. The van der Waals surface area contributed by atoms with Crippen molar-refractivity contribution in [2.24, 2.45) is 28.0 Å². The lowest BCUT2D eigenvalue weighted by Gasteiger charge is -2.42. The van der Waals surface area contributed by atoms with Crippen molar-refractivity contribution in [3.05, 3.63) is 107 Å². The summed E-state index contributed by atoms with van der Waals surface area (Å²) in [6.45, 7) is 1.63. The number of hydrogen-bond acceptors (Lipinski definition) is 9. The summed E-state index contributed by atoms with van der Waals surface area (Å²) < 4.78 is 5.37.